The van der Waals surface area contributed by atoms with Crippen LogP contribution in [0.1, 0.15) is 18.1 Å². The Morgan fingerprint density at radius 2 is 1.75 bits per heavy atom. The molecule has 164 valence electrons. The van der Waals surface area contributed by atoms with Crippen molar-refractivity contribution in [1.29, 1.82) is 0 Å². The number of methoxy groups -OCH3 is 1. The lowest BCUT2D eigenvalue weighted by Crippen LogP contribution is -2.63. The molecule has 3 aliphatic heterocycles. The smallest absolute Gasteiger partial charge is 0.328 e. The molecule has 32 heavy (non-hydrogen) atoms. The molecule has 2 unspecified atom stereocenters. The number of ether oxygens (including phenoxy) is 1. The Kier molecular flexibility index (Phi) is 4.65. The minimum absolute atomic E-state index is 0.235. The van der Waals surface area contributed by atoms with Crippen LogP contribution < -0.4 is 9.64 Å². The number of carbonyl (C=O) groups excluding carboxylic acids is 2. The average Bonchev–Trinajstić information content (AvgIpc) is 3.31. The molecule has 5 rings (SSSR count). The molecule has 2 atom stereocenters. The molecule has 1 saturated heterocycles. The number of rotatable bonds is 4. The van der Waals surface area contributed by atoms with Gasteiger partial charge in [-0.15, -0.1) is 0 Å². The molecule has 8 nitrogen and oxygen atoms in total. The van der Waals surface area contributed by atoms with Crippen molar-refractivity contribution in [1.82, 2.24) is 14.7 Å². The van der Waals surface area contributed by atoms with Gasteiger partial charge in [-0.3, -0.25) is 14.6 Å². The third kappa shape index (κ3) is 2.94. The number of aryl methyl sites for hydroxylation is 1. The van der Waals surface area contributed by atoms with E-state index in [0.717, 1.165) is 28.3 Å². The molecule has 2 aromatic carbocycles. The number of hydrogen-bond acceptors (Lipinski definition) is 6. The fourth-order valence-electron chi connectivity index (χ4n) is 4.51. The molecular formula is C24H25N5O3. The number of aliphatic imine (C=N–C) groups is 1. The third-order valence-corrected chi connectivity index (χ3v) is 6.31. The quantitative estimate of drug-likeness (QED) is 0.744. The lowest BCUT2D eigenvalue weighted by Gasteiger charge is -2.40. The number of allylic oxidation sites excluding steroid dienone is 1. The van der Waals surface area contributed by atoms with Crippen LogP contribution in [0.3, 0.4) is 0 Å². The number of nitrogens with zero attached hydrogens (tertiary/aromatic N) is 5. The fourth-order valence-corrected chi connectivity index (χ4v) is 4.51. The summed E-state index contributed by atoms with van der Waals surface area (Å²) in [6, 6.07) is 14.6. The number of urea groups is 1. The summed E-state index contributed by atoms with van der Waals surface area (Å²) in [6.07, 6.45) is 1.37. The molecule has 0 bridgehead atoms. The van der Waals surface area contributed by atoms with Gasteiger partial charge in [0.2, 0.25) is 5.96 Å². The minimum Gasteiger partial charge on any atom is -0.497 e. The van der Waals surface area contributed by atoms with Gasteiger partial charge in [-0.2, -0.15) is 0 Å². The zero-order chi connectivity index (χ0) is 22.6. The van der Waals surface area contributed by atoms with Gasteiger partial charge >= 0.3 is 6.03 Å². The van der Waals surface area contributed by atoms with Crippen molar-refractivity contribution in [2.24, 2.45) is 4.99 Å². The molecule has 3 heterocycles. The normalized spacial score (nSPS) is 22.1. The van der Waals surface area contributed by atoms with Gasteiger partial charge in [0.15, 0.2) is 12.2 Å². The number of benzene rings is 2. The van der Waals surface area contributed by atoms with Gasteiger partial charge in [0.1, 0.15) is 5.75 Å². The number of fused-ring (bicyclic) bond motifs is 3. The maximum atomic E-state index is 13.6. The predicted molar refractivity (Wildman–Crippen MR) is 121 cm³/mol. The van der Waals surface area contributed by atoms with Gasteiger partial charge < -0.3 is 14.5 Å². The van der Waals surface area contributed by atoms with Gasteiger partial charge in [-0.1, -0.05) is 24.3 Å². The van der Waals surface area contributed by atoms with Crippen LogP contribution >= 0.6 is 0 Å². The van der Waals surface area contributed by atoms with Crippen LogP contribution in [0.2, 0.25) is 0 Å². The van der Waals surface area contributed by atoms with Crippen LogP contribution in [-0.4, -0.2) is 59.0 Å². The number of anilines is 1. The predicted octanol–water partition coefficient (Wildman–Crippen LogP) is 3.15. The van der Waals surface area contributed by atoms with E-state index in [9.17, 15) is 9.59 Å². The highest BCUT2D eigenvalue weighted by Crippen LogP contribution is 2.37. The van der Waals surface area contributed by atoms with Crippen molar-refractivity contribution in [2.75, 3.05) is 19.1 Å². The lowest BCUT2D eigenvalue weighted by molar-refractivity contribution is -0.137. The minimum atomic E-state index is -0.588. The maximum Gasteiger partial charge on any atom is 0.328 e. The summed E-state index contributed by atoms with van der Waals surface area (Å²) < 4.78 is 5.26. The van der Waals surface area contributed by atoms with E-state index in [2.05, 4.69) is 0 Å². The highest BCUT2D eigenvalue weighted by atomic mass is 16.5. The Labute approximate surface area is 187 Å². The Morgan fingerprint density at radius 1 is 1.03 bits per heavy atom. The Bertz CT molecular complexity index is 1160. The molecule has 0 aromatic heterocycles. The van der Waals surface area contributed by atoms with Gasteiger partial charge in [0, 0.05) is 24.6 Å². The Hall–Kier alpha value is -3.81. The number of imide groups is 1. The molecular weight excluding hydrogens is 406 g/mol. The van der Waals surface area contributed by atoms with E-state index in [0.29, 0.717) is 5.96 Å². The first kappa shape index (κ1) is 20.1. The first-order valence-corrected chi connectivity index (χ1v) is 10.5. The summed E-state index contributed by atoms with van der Waals surface area (Å²) in [5.74, 6) is 1.18. The van der Waals surface area contributed by atoms with Crippen molar-refractivity contribution in [3.8, 4) is 5.75 Å². The number of hydrogen-bond donors (Lipinski definition) is 0. The third-order valence-electron chi connectivity index (χ3n) is 6.31. The van der Waals surface area contributed by atoms with Crippen LogP contribution in [0.25, 0.3) is 0 Å². The Morgan fingerprint density at radius 3 is 2.44 bits per heavy atom. The summed E-state index contributed by atoms with van der Waals surface area (Å²) in [7, 11) is 3.34. The SMILES string of the molecule is COc1ccc(N2C(C)=CN3C2=NC2C3C(=O)N(Cc3ccccc3C)C(=O)N2C)cc1. The van der Waals surface area contributed by atoms with E-state index >= 15 is 0 Å². The maximum absolute atomic E-state index is 13.6. The monoisotopic (exact) mass is 431 g/mol. The lowest BCUT2D eigenvalue weighted by atomic mass is 10.1. The fraction of sp³-hybridized carbons (Fsp3) is 0.292. The van der Waals surface area contributed by atoms with Crippen LogP contribution in [0, 0.1) is 6.92 Å². The number of likely N-dealkylation sites (N-methyl/N-ethyl adjacent to an activating group) is 1. The summed E-state index contributed by atoms with van der Waals surface area (Å²) in [5.41, 5.74) is 3.86. The van der Waals surface area contributed by atoms with Crippen molar-refractivity contribution in [2.45, 2.75) is 32.6 Å². The van der Waals surface area contributed by atoms with Crippen LogP contribution in [0.15, 0.2) is 65.4 Å². The first-order chi connectivity index (χ1) is 15.4. The van der Waals surface area contributed by atoms with Gasteiger partial charge in [-0.25, -0.2) is 9.79 Å². The van der Waals surface area contributed by atoms with E-state index in [1.165, 1.54) is 4.90 Å². The van der Waals surface area contributed by atoms with Crippen molar-refractivity contribution < 1.29 is 14.3 Å². The molecule has 1 fully saturated rings. The van der Waals surface area contributed by atoms with E-state index in [-0.39, 0.29) is 18.5 Å². The topological polar surface area (TPSA) is 68.7 Å². The molecule has 0 spiro atoms. The summed E-state index contributed by atoms with van der Waals surface area (Å²) >= 11 is 0. The van der Waals surface area contributed by atoms with Crippen molar-refractivity contribution >= 4 is 23.6 Å². The standard InChI is InChI=1S/C24H25N5O3/c1-15-7-5-6-8-17(15)14-28-22(30)20-21(26(3)24(28)31)25-23-27(20)13-16(2)29(23)18-9-11-19(32-4)12-10-18/h5-13,20-21H,14H2,1-4H3. The second-order valence-electron chi connectivity index (χ2n) is 8.24. The highest BCUT2D eigenvalue weighted by Gasteiger charge is 2.54. The molecule has 3 amide bonds. The molecule has 0 aliphatic carbocycles. The van der Waals surface area contributed by atoms with Crippen LogP contribution in [-0.2, 0) is 11.3 Å². The van der Waals surface area contributed by atoms with E-state index < -0.39 is 12.2 Å². The number of amides is 3. The van der Waals surface area contributed by atoms with Crippen molar-refractivity contribution in [3.63, 3.8) is 0 Å². The zero-order valence-electron chi connectivity index (χ0n) is 18.5. The molecule has 0 radical (unpaired) electrons. The molecule has 0 saturated carbocycles. The summed E-state index contributed by atoms with van der Waals surface area (Å²) in [4.78, 5) is 38.2. The van der Waals surface area contributed by atoms with Crippen LogP contribution in [0.5, 0.6) is 5.75 Å². The Balaban J connectivity index is 1.47. The van der Waals surface area contributed by atoms with E-state index in [4.69, 9.17) is 9.73 Å². The second-order valence-corrected chi connectivity index (χ2v) is 8.24. The second kappa shape index (κ2) is 7.40. The molecule has 8 heteroatoms. The summed E-state index contributed by atoms with van der Waals surface area (Å²) in [6.45, 7) is 4.20. The van der Waals surface area contributed by atoms with Gasteiger partial charge in [0.05, 0.1) is 13.7 Å². The number of carbonyl (C=O) groups is 2. The zero-order valence-corrected chi connectivity index (χ0v) is 18.5. The van der Waals surface area contributed by atoms with Gasteiger partial charge in [0.25, 0.3) is 5.91 Å². The average molecular weight is 431 g/mol. The van der Waals surface area contributed by atoms with E-state index in [1.54, 1.807) is 19.1 Å². The number of guanidine groups is 1. The highest BCUT2D eigenvalue weighted by molar-refractivity contribution is 6.09. The van der Waals surface area contributed by atoms with Crippen LogP contribution in [0.4, 0.5) is 10.5 Å². The first-order valence-electron chi connectivity index (χ1n) is 10.5. The van der Waals surface area contributed by atoms with Gasteiger partial charge in [-0.05, 0) is 49.2 Å². The molecule has 3 aliphatic rings. The summed E-state index contributed by atoms with van der Waals surface area (Å²) in [5, 5.41) is 0. The largest absolute Gasteiger partial charge is 0.497 e. The molecule has 0 N–H and O–H groups in total. The van der Waals surface area contributed by atoms with E-state index in [1.807, 2.05) is 78.4 Å². The van der Waals surface area contributed by atoms with Crippen molar-refractivity contribution in [3.05, 3.63) is 71.6 Å². The molecule has 2 aromatic rings.